The first-order valence-corrected chi connectivity index (χ1v) is 7.29. The molecular formula is C15H18ClNO2. The fraction of sp³-hybridized carbons (Fsp3) is 0.533. The first-order chi connectivity index (χ1) is 9.22. The second-order valence-electron chi connectivity index (χ2n) is 5.35. The van der Waals surface area contributed by atoms with E-state index in [1.54, 1.807) is 0 Å². The first-order valence-electron chi connectivity index (χ1n) is 6.91. The van der Waals surface area contributed by atoms with Gasteiger partial charge in [0, 0.05) is 42.4 Å². The Bertz CT molecular complexity index is 497. The molecule has 1 heterocycles. The van der Waals surface area contributed by atoms with Crippen LogP contribution in [-0.2, 0) is 17.6 Å². The molecule has 1 aromatic carbocycles. The van der Waals surface area contributed by atoms with Crippen molar-refractivity contribution in [2.45, 2.75) is 38.1 Å². The van der Waals surface area contributed by atoms with E-state index in [9.17, 15) is 4.79 Å². The maximum atomic E-state index is 12.0. The molecule has 1 aliphatic heterocycles. The van der Waals surface area contributed by atoms with Crippen LogP contribution in [0.25, 0.3) is 0 Å². The fourth-order valence-corrected chi connectivity index (χ4v) is 2.74. The molecule has 0 spiro atoms. The number of hydrogen-bond donors (Lipinski definition) is 1. The van der Waals surface area contributed by atoms with Crippen molar-refractivity contribution < 1.29 is 9.53 Å². The molecule has 3 rings (SSSR count). The lowest BCUT2D eigenvalue weighted by Crippen LogP contribution is -2.20. The Labute approximate surface area is 118 Å². The molecule has 0 amide bonds. The van der Waals surface area contributed by atoms with E-state index in [2.05, 4.69) is 5.32 Å². The quantitative estimate of drug-likeness (QED) is 0.870. The zero-order chi connectivity index (χ0) is 13.2. The molecule has 0 atom stereocenters. The molecule has 102 valence electrons. The summed E-state index contributed by atoms with van der Waals surface area (Å²) in [4.78, 5) is 12.0. The number of rotatable bonds is 6. The summed E-state index contributed by atoms with van der Waals surface area (Å²) in [5, 5.41) is 4.06. The van der Waals surface area contributed by atoms with E-state index in [1.165, 1.54) is 12.8 Å². The molecule has 2 aliphatic rings. The van der Waals surface area contributed by atoms with Gasteiger partial charge >= 0.3 is 0 Å². The van der Waals surface area contributed by atoms with E-state index in [0.717, 1.165) is 29.8 Å². The van der Waals surface area contributed by atoms with Crippen LogP contribution < -0.4 is 10.1 Å². The Hall–Kier alpha value is -1.06. The molecule has 4 heteroatoms. The Balaban J connectivity index is 1.60. The van der Waals surface area contributed by atoms with Gasteiger partial charge in [0.15, 0.2) is 0 Å². The topological polar surface area (TPSA) is 38.3 Å². The third-order valence-electron chi connectivity index (χ3n) is 3.63. The molecule has 3 nitrogen and oxygen atoms in total. The van der Waals surface area contributed by atoms with Crippen LogP contribution in [0, 0.1) is 0 Å². The molecule has 0 aromatic heterocycles. The minimum absolute atomic E-state index is 0.244. The van der Waals surface area contributed by atoms with Crippen molar-refractivity contribution >= 4 is 17.4 Å². The Morgan fingerprint density at radius 1 is 1.42 bits per heavy atom. The second kappa shape index (κ2) is 5.51. The van der Waals surface area contributed by atoms with Gasteiger partial charge in [-0.15, -0.1) is 0 Å². The maximum Gasteiger partial charge on any atom is 0.138 e. The van der Waals surface area contributed by atoms with Crippen LogP contribution in [0.5, 0.6) is 5.75 Å². The minimum atomic E-state index is 0.244. The van der Waals surface area contributed by atoms with E-state index in [-0.39, 0.29) is 5.78 Å². The lowest BCUT2D eigenvalue weighted by atomic mass is 10.0. The van der Waals surface area contributed by atoms with Gasteiger partial charge in [0.2, 0.25) is 0 Å². The fourth-order valence-electron chi connectivity index (χ4n) is 2.48. The highest BCUT2D eigenvalue weighted by Crippen LogP contribution is 2.33. The molecular weight excluding hydrogens is 262 g/mol. The zero-order valence-electron chi connectivity index (χ0n) is 10.9. The number of benzene rings is 1. The van der Waals surface area contributed by atoms with Gasteiger partial charge in [0.25, 0.3) is 0 Å². The molecule has 19 heavy (non-hydrogen) atoms. The van der Waals surface area contributed by atoms with Crippen LogP contribution in [-0.4, -0.2) is 25.0 Å². The van der Waals surface area contributed by atoms with Gasteiger partial charge < -0.3 is 10.1 Å². The Morgan fingerprint density at radius 3 is 3.05 bits per heavy atom. The number of ketones is 1. The summed E-state index contributed by atoms with van der Waals surface area (Å²) >= 11 is 6.09. The van der Waals surface area contributed by atoms with Gasteiger partial charge in [-0.05, 0) is 30.5 Å². The van der Waals surface area contributed by atoms with Gasteiger partial charge in [0.05, 0.1) is 6.61 Å². The molecule has 0 radical (unpaired) electrons. The van der Waals surface area contributed by atoms with E-state index >= 15 is 0 Å². The predicted octanol–water partition coefficient (Wildman–Crippen LogP) is 2.53. The Morgan fingerprint density at radius 2 is 2.26 bits per heavy atom. The van der Waals surface area contributed by atoms with Crippen LogP contribution in [0.3, 0.4) is 0 Å². The van der Waals surface area contributed by atoms with Crippen LogP contribution in [0.2, 0.25) is 5.02 Å². The summed E-state index contributed by atoms with van der Waals surface area (Å²) in [6.07, 6.45) is 4.40. The van der Waals surface area contributed by atoms with Gasteiger partial charge in [0.1, 0.15) is 11.5 Å². The van der Waals surface area contributed by atoms with E-state index in [0.29, 0.717) is 30.5 Å². The molecule has 1 N–H and O–H groups in total. The van der Waals surface area contributed by atoms with Gasteiger partial charge in [-0.1, -0.05) is 11.6 Å². The monoisotopic (exact) mass is 279 g/mol. The maximum absolute atomic E-state index is 12.0. The molecule has 1 aromatic rings. The summed E-state index contributed by atoms with van der Waals surface area (Å²) in [7, 11) is 0. The highest BCUT2D eigenvalue weighted by molar-refractivity contribution is 6.30. The molecule has 0 bridgehead atoms. The summed E-state index contributed by atoms with van der Waals surface area (Å²) in [5.74, 6) is 1.13. The minimum Gasteiger partial charge on any atom is -0.493 e. The molecule has 1 saturated carbocycles. The normalized spacial score (nSPS) is 17.1. The third-order valence-corrected chi connectivity index (χ3v) is 3.85. The number of fused-ring (bicyclic) bond motifs is 1. The number of carbonyl (C=O) groups is 1. The van der Waals surface area contributed by atoms with Crippen molar-refractivity contribution in [2.24, 2.45) is 0 Å². The van der Waals surface area contributed by atoms with Gasteiger partial charge in [-0.25, -0.2) is 0 Å². The number of nitrogens with one attached hydrogen (secondary N) is 1. The average Bonchev–Trinajstić information content (AvgIpc) is 3.05. The van der Waals surface area contributed by atoms with Gasteiger partial charge in [-0.2, -0.15) is 0 Å². The Kier molecular flexibility index (Phi) is 3.76. The van der Waals surface area contributed by atoms with Crippen LogP contribution in [0.1, 0.15) is 30.4 Å². The van der Waals surface area contributed by atoms with Crippen LogP contribution in [0.4, 0.5) is 0 Å². The summed E-state index contributed by atoms with van der Waals surface area (Å²) in [6.45, 7) is 1.48. The first kappa shape index (κ1) is 12.9. The van der Waals surface area contributed by atoms with Crippen molar-refractivity contribution in [3.63, 3.8) is 0 Å². The average molecular weight is 280 g/mol. The highest BCUT2D eigenvalue weighted by atomic mass is 35.5. The summed E-state index contributed by atoms with van der Waals surface area (Å²) in [5.41, 5.74) is 2.07. The zero-order valence-corrected chi connectivity index (χ0v) is 11.6. The number of carbonyl (C=O) groups excluding carboxylic acids is 1. The van der Waals surface area contributed by atoms with E-state index in [4.69, 9.17) is 16.3 Å². The van der Waals surface area contributed by atoms with Crippen LogP contribution >= 0.6 is 11.6 Å². The highest BCUT2D eigenvalue weighted by Gasteiger charge is 2.21. The van der Waals surface area contributed by atoms with Crippen molar-refractivity contribution in [2.75, 3.05) is 13.2 Å². The standard InChI is InChI=1S/C15H18ClNO2/c16-12-7-10-4-6-19-15(10)11(8-12)9-14(18)3-5-17-13-1-2-13/h7-8,13,17H,1-6,9H2. The van der Waals surface area contributed by atoms with E-state index < -0.39 is 0 Å². The molecule has 0 saturated heterocycles. The largest absolute Gasteiger partial charge is 0.493 e. The predicted molar refractivity (Wildman–Crippen MR) is 75.0 cm³/mol. The second-order valence-corrected chi connectivity index (χ2v) is 5.78. The number of Topliss-reactive ketones (excluding diaryl/α,β-unsaturated/α-hetero) is 1. The molecule has 1 aliphatic carbocycles. The van der Waals surface area contributed by atoms with Crippen molar-refractivity contribution in [3.05, 3.63) is 28.3 Å². The smallest absolute Gasteiger partial charge is 0.138 e. The number of hydrogen-bond acceptors (Lipinski definition) is 3. The van der Waals surface area contributed by atoms with Crippen molar-refractivity contribution in [1.29, 1.82) is 0 Å². The third kappa shape index (κ3) is 3.28. The van der Waals surface area contributed by atoms with E-state index in [1.807, 2.05) is 12.1 Å². The number of halogens is 1. The molecule has 0 unspecified atom stereocenters. The molecule has 1 fully saturated rings. The SMILES string of the molecule is O=C(CCNC1CC1)Cc1cc(Cl)cc2c1OCC2. The lowest BCUT2D eigenvalue weighted by Gasteiger charge is -2.08. The summed E-state index contributed by atoms with van der Waals surface area (Å²) in [6, 6.07) is 4.45. The van der Waals surface area contributed by atoms with Gasteiger partial charge in [-0.3, -0.25) is 4.79 Å². The summed E-state index contributed by atoms with van der Waals surface area (Å²) < 4.78 is 5.61. The lowest BCUT2D eigenvalue weighted by molar-refractivity contribution is -0.118. The van der Waals surface area contributed by atoms with Crippen molar-refractivity contribution in [3.8, 4) is 5.75 Å². The number of ether oxygens (including phenoxy) is 1. The van der Waals surface area contributed by atoms with Crippen LogP contribution in [0.15, 0.2) is 12.1 Å². The van der Waals surface area contributed by atoms with Crippen molar-refractivity contribution in [1.82, 2.24) is 5.32 Å².